The van der Waals surface area contributed by atoms with E-state index >= 15 is 0 Å². The molecule has 0 saturated heterocycles. The van der Waals surface area contributed by atoms with E-state index in [2.05, 4.69) is 25.9 Å². The second kappa shape index (κ2) is 8.81. The van der Waals surface area contributed by atoms with Gasteiger partial charge in [-0.15, -0.1) is 4.99 Å². The molecule has 140 valence electrons. The van der Waals surface area contributed by atoms with Gasteiger partial charge in [-0.05, 0) is 31.2 Å². The molecule has 2 rings (SSSR count). The number of hydrogen-bond acceptors (Lipinski definition) is 4. The van der Waals surface area contributed by atoms with Gasteiger partial charge in [-0.2, -0.15) is 5.26 Å². The van der Waals surface area contributed by atoms with Crippen molar-refractivity contribution in [1.29, 1.82) is 5.26 Å². The zero-order chi connectivity index (χ0) is 19.9. The van der Waals surface area contributed by atoms with Crippen LogP contribution in [0.2, 0.25) is 0 Å². The monoisotopic (exact) mass is 364 g/mol. The maximum atomic E-state index is 12.6. The highest BCUT2D eigenvalue weighted by Gasteiger charge is 2.27. The lowest BCUT2D eigenvalue weighted by molar-refractivity contribution is 0.0895. The van der Waals surface area contributed by atoms with Crippen LogP contribution in [0.1, 0.15) is 36.7 Å². The van der Waals surface area contributed by atoms with Crippen molar-refractivity contribution in [2.24, 2.45) is 10.4 Å². The van der Waals surface area contributed by atoms with Crippen molar-refractivity contribution in [1.82, 2.24) is 15.6 Å². The molecule has 0 bridgehead atoms. The van der Waals surface area contributed by atoms with E-state index in [0.29, 0.717) is 11.3 Å². The van der Waals surface area contributed by atoms with Gasteiger partial charge in [-0.3, -0.25) is 9.78 Å². The summed E-state index contributed by atoms with van der Waals surface area (Å²) < 4.78 is 0. The number of rotatable bonds is 4. The van der Waals surface area contributed by atoms with Crippen LogP contribution in [-0.2, 0) is 0 Å². The Morgan fingerprint density at radius 1 is 1.19 bits per heavy atom. The number of hydrogen-bond donors (Lipinski definition) is 3. The maximum absolute atomic E-state index is 12.6. The summed E-state index contributed by atoms with van der Waals surface area (Å²) in [4.78, 5) is 20.4. The van der Waals surface area contributed by atoms with Crippen molar-refractivity contribution in [3.8, 4) is 6.19 Å². The SMILES string of the molecule is Cc1ccc(C(=O)NC(N/C(=N/C#N)Nc2cccnc2)C(C)(C)C)cc1. The molecule has 0 spiro atoms. The van der Waals surface area contributed by atoms with Gasteiger partial charge in [0.1, 0.15) is 6.17 Å². The topological polar surface area (TPSA) is 102 Å². The van der Waals surface area contributed by atoms with Crippen LogP contribution in [0.4, 0.5) is 5.69 Å². The first-order valence-electron chi connectivity index (χ1n) is 8.57. The number of nitrogens with zero attached hydrogens (tertiary/aromatic N) is 3. The highest BCUT2D eigenvalue weighted by molar-refractivity contribution is 5.96. The Morgan fingerprint density at radius 3 is 2.44 bits per heavy atom. The molecule has 1 heterocycles. The molecule has 0 aliphatic heterocycles. The Hall–Kier alpha value is -3.40. The number of benzene rings is 1. The van der Waals surface area contributed by atoms with Gasteiger partial charge >= 0.3 is 0 Å². The van der Waals surface area contributed by atoms with E-state index in [9.17, 15) is 4.79 Å². The smallest absolute Gasteiger partial charge is 0.252 e. The fourth-order valence-electron chi connectivity index (χ4n) is 2.24. The van der Waals surface area contributed by atoms with Gasteiger partial charge in [0.25, 0.3) is 5.91 Å². The number of carbonyl (C=O) groups is 1. The molecular formula is C20H24N6O. The molecular weight excluding hydrogens is 340 g/mol. The van der Waals surface area contributed by atoms with Crippen LogP contribution in [0.5, 0.6) is 0 Å². The third-order valence-corrected chi connectivity index (χ3v) is 3.82. The van der Waals surface area contributed by atoms with Gasteiger partial charge in [0, 0.05) is 17.2 Å². The normalized spacial score (nSPS) is 12.6. The Bertz CT molecular complexity index is 832. The van der Waals surface area contributed by atoms with Gasteiger partial charge in [0.15, 0.2) is 0 Å². The molecule has 1 unspecified atom stereocenters. The number of aliphatic imine (C=N–C) groups is 1. The molecule has 27 heavy (non-hydrogen) atoms. The Morgan fingerprint density at radius 2 is 1.89 bits per heavy atom. The lowest BCUT2D eigenvalue weighted by atomic mass is 9.92. The van der Waals surface area contributed by atoms with Crippen LogP contribution in [0.15, 0.2) is 53.8 Å². The average Bonchev–Trinajstić information content (AvgIpc) is 2.62. The summed E-state index contributed by atoms with van der Waals surface area (Å²) in [5.41, 5.74) is 1.99. The molecule has 3 N–H and O–H groups in total. The Labute approximate surface area is 159 Å². The minimum Gasteiger partial charge on any atom is -0.335 e. The predicted octanol–water partition coefficient (Wildman–Crippen LogP) is 3.03. The first-order valence-corrected chi connectivity index (χ1v) is 8.57. The number of anilines is 1. The molecule has 1 aromatic carbocycles. The summed E-state index contributed by atoms with van der Waals surface area (Å²) in [5.74, 6) is 0.0229. The minimum atomic E-state index is -0.470. The quantitative estimate of drug-likeness (QED) is 0.335. The lowest BCUT2D eigenvalue weighted by Gasteiger charge is -2.33. The van der Waals surface area contributed by atoms with Crippen LogP contribution in [0.3, 0.4) is 0 Å². The Balaban J connectivity index is 2.17. The van der Waals surface area contributed by atoms with E-state index in [1.807, 2.05) is 39.8 Å². The van der Waals surface area contributed by atoms with Gasteiger partial charge < -0.3 is 16.0 Å². The number of nitrogens with one attached hydrogen (secondary N) is 3. The Kier molecular flexibility index (Phi) is 6.50. The van der Waals surface area contributed by atoms with Crippen molar-refractivity contribution in [2.45, 2.75) is 33.9 Å². The molecule has 0 aliphatic rings. The molecule has 0 fully saturated rings. The van der Waals surface area contributed by atoms with Crippen molar-refractivity contribution in [2.75, 3.05) is 5.32 Å². The zero-order valence-electron chi connectivity index (χ0n) is 15.9. The lowest BCUT2D eigenvalue weighted by Crippen LogP contribution is -2.56. The van der Waals surface area contributed by atoms with Crippen molar-refractivity contribution < 1.29 is 4.79 Å². The van der Waals surface area contributed by atoms with Crippen molar-refractivity contribution in [3.63, 3.8) is 0 Å². The molecule has 1 atom stereocenters. The first kappa shape index (κ1) is 19.9. The number of carbonyl (C=O) groups excluding carboxylic acids is 1. The molecule has 7 nitrogen and oxygen atoms in total. The summed E-state index contributed by atoms with van der Waals surface area (Å²) in [6.07, 6.45) is 4.56. The van der Waals surface area contributed by atoms with E-state index < -0.39 is 6.17 Å². The van der Waals surface area contributed by atoms with Crippen LogP contribution in [0.25, 0.3) is 0 Å². The standard InChI is InChI=1S/C20H24N6O/c1-14-7-9-15(10-8-14)17(27)25-18(20(2,3)4)26-19(23-13-21)24-16-6-5-11-22-12-16/h5-12,18H,1-4H3,(H,25,27)(H2,23,24,26). The van der Waals surface area contributed by atoms with E-state index in [4.69, 9.17) is 5.26 Å². The fourth-order valence-corrected chi connectivity index (χ4v) is 2.24. The van der Waals surface area contributed by atoms with E-state index in [1.165, 1.54) is 0 Å². The van der Waals surface area contributed by atoms with Crippen LogP contribution < -0.4 is 16.0 Å². The van der Waals surface area contributed by atoms with Gasteiger partial charge in [0.2, 0.25) is 12.2 Å². The third kappa shape index (κ3) is 6.12. The van der Waals surface area contributed by atoms with Crippen molar-refractivity contribution in [3.05, 3.63) is 59.9 Å². The minimum absolute atomic E-state index is 0.208. The van der Waals surface area contributed by atoms with Crippen LogP contribution in [0, 0.1) is 23.8 Å². The number of nitriles is 1. The number of aromatic nitrogens is 1. The number of aryl methyl sites for hydroxylation is 1. The molecule has 1 aromatic heterocycles. The second-order valence-corrected chi connectivity index (χ2v) is 7.21. The van der Waals surface area contributed by atoms with E-state index in [-0.39, 0.29) is 17.3 Å². The highest BCUT2D eigenvalue weighted by Crippen LogP contribution is 2.18. The number of amides is 1. The zero-order valence-corrected chi connectivity index (χ0v) is 15.9. The van der Waals surface area contributed by atoms with Gasteiger partial charge in [0.05, 0.1) is 11.9 Å². The predicted molar refractivity (Wildman–Crippen MR) is 106 cm³/mol. The first-order chi connectivity index (χ1) is 12.8. The van der Waals surface area contributed by atoms with Crippen LogP contribution in [-0.4, -0.2) is 23.0 Å². The average molecular weight is 364 g/mol. The molecule has 7 heteroatoms. The third-order valence-electron chi connectivity index (χ3n) is 3.82. The molecule has 1 amide bonds. The molecule has 2 aromatic rings. The van der Waals surface area contributed by atoms with E-state index in [1.54, 1.807) is 42.9 Å². The summed E-state index contributed by atoms with van der Waals surface area (Å²) in [6.45, 7) is 7.91. The largest absolute Gasteiger partial charge is 0.335 e. The van der Waals surface area contributed by atoms with Gasteiger partial charge in [-0.1, -0.05) is 38.5 Å². The molecule has 0 radical (unpaired) electrons. The van der Waals surface area contributed by atoms with Gasteiger partial charge in [-0.25, -0.2) is 0 Å². The highest BCUT2D eigenvalue weighted by atomic mass is 16.1. The summed E-state index contributed by atoms with van der Waals surface area (Å²) in [5, 5.41) is 18.1. The maximum Gasteiger partial charge on any atom is 0.252 e. The van der Waals surface area contributed by atoms with Crippen LogP contribution >= 0.6 is 0 Å². The number of pyridine rings is 1. The van der Waals surface area contributed by atoms with E-state index in [0.717, 1.165) is 5.56 Å². The summed E-state index contributed by atoms with van der Waals surface area (Å²) in [7, 11) is 0. The number of guanidine groups is 1. The summed E-state index contributed by atoms with van der Waals surface area (Å²) in [6, 6.07) is 10.9. The molecule has 0 saturated carbocycles. The second-order valence-electron chi connectivity index (χ2n) is 7.21. The molecule has 0 aliphatic carbocycles. The van der Waals surface area contributed by atoms with Crippen molar-refractivity contribution >= 4 is 17.6 Å². The summed E-state index contributed by atoms with van der Waals surface area (Å²) >= 11 is 0. The fraction of sp³-hybridized carbons (Fsp3) is 0.300.